The quantitative estimate of drug-likeness (QED) is 0.680. The van der Waals surface area contributed by atoms with E-state index < -0.39 is 5.54 Å². The fraction of sp³-hybridized carbons (Fsp3) is 0.250. The van der Waals surface area contributed by atoms with Gasteiger partial charge in [-0.1, -0.05) is 46.3 Å². The Morgan fingerprint density at radius 3 is 2.81 bits per heavy atom. The van der Waals surface area contributed by atoms with Crippen LogP contribution in [0.2, 0.25) is 0 Å². The van der Waals surface area contributed by atoms with Crippen molar-refractivity contribution in [3.05, 3.63) is 73.7 Å². The summed E-state index contributed by atoms with van der Waals surface area (Å²) in [5.74, 6) is 0. The minimum atomic E-state index is -0.519. The maximum Gasteiger partial charge on any atom is 0.273 e. The van der Waals surface area contributed by atoms with Crippen LogP contribution in [0.15, 0.2) is 46.9 Å². The van der Waals surface area contributed by atoms with Gasteiger partial charge in [0.05, 0.1) is 4.92 Å². The van der Waals surface area contributed by atoms with Crippen LogP contribution >= 0.6 is 15.9 Å². The van der Waals surface area contributed by atoms with Crippen molar-refractivity contribution in [1.82, 2.24) is 0 Å². The number of nitro groups is 1. The summed E-state index contributed by atoms with van der Waals surface area (Å²) in [5, 5.41) is 11.2. The largest absolute Gasteiger partial charge is 0.321 e. The van der Waals surface area contributed by atoms with E-state index in [1.807, 2.05) is 24.3 Å². The number of benzene rings is 2. The zero-order valence-corrected chi connectivity index (χ0v) is 13.0. The number of rotatable bonds is 3. The fourth-order valence-corrected chi connectivity index (χ4v) is 3.45. The number of aryl methyl sites for hydroxylation is 1. The number of halogens is 1. The maximum absolute atomic E-state index is 11.2. The second kappa shape index (κ2) is 5.24. The van der Waals surface area contributed by atoms with Gasteiger partial charge in [-0.2, -0.15) is 0 Å². The first-order valence-corrected chi connectivity index (χ1v) is 7.59. The third-order valence-corrected chi connectivity index (χ3v) is 4.64. The molecule has 0 saturated heterocycles. The van der Waals surface area contributed by atoms with Gasteiger partial charge in [-0.25, -0.2) is 0 Å². The van der Waals surface area contributed by atoms with E-state index in [1.165, 1.54) is 5.56 Å². The van der Waals surface area contributed by atoms with Crippen LogP contribution in [0.5, 0.6) is 0 Å². The molecular weight excluding hydrogens is 332 g/mol. The number of hydrogen-bond acceptors (Lipinski definition) is 3. The van der Waals surface area contributed by atoms with Crippen molar-refractivity contribution in [3.63, 3.8) is 0 Å². The fourth-order valence-electron chi connectivity index (χ4n) is 3.10. The average Bonchev–Trinajstić information content (AvgIpc) is 2.79. The van der Waals surface area contributed by atoms with Crippen LogP contribution in [-0.4, -0.2) is 4.92 Å². The molecule has 5 heteroatoms. The van der Waals surface area contributed by atoms with Crippen LogP contribution in [0.4, 0.5) is 5.69 Å². The molecule has 0 radical (unpaired) electrons. The molecule has 0 fully saturated rings. The SMILES string of the molecule is NC1(Cc2ccc(Br)cc2[N+](=O)[O-])CCc2ccccc21. The van der Waals surface area contributed by atoms with Crippen molar-refractivity contribution >= 4 is 21.6 Å². The molecule has 3 rings (SSSR count). The summed E-state index contributed by atoms with van der Waals surface area (Å²) >= 11 is 3.28. The summed E-state index contributed by atoms with van der Waals surface area (Å²) in [6, 6.07) is 13.3. The number of nitro benzene ring substituents is 1. The van der Waals surface area contributed by atoms with Crippen molar-refractivity contribution in [2.45, 2.75) is 24.8 Å². The number of hydrogen-bond donors (Lipinski definition) is 1. The highest BCUT2D eigenvalue weighted by Gasteiger charge is 2.36. The van der Waals surface area contributed by atoms with E-state index >= 15 is 0 Å². The first kappa shape index (κ1) is 14.2. The summed E-state index contributed by atoms with van der Waals surface area (Å²) in [6.45, 7) is 0. The van der Waals surface area contributed by atoms with Gasteiger partial charge in [0.2, 0.25) is 0 Å². The molecule has 0 heterocycles. The lowest BCUT2D eigenvalue weighted by Gasteiger charge is -2.25. The number of fused-ring (bicyclic) bond motifs is 1. The molecule has 0 aromatic heterocycles. The second-order valence-electron chi connectivity index (χ2n) is 5.52. The van der Waals surface area contributed by atoms with Crippen LogP contribution in [0.1, 0.15) is 23.1 Å². The average molecular weight is 347 g/mol. The van der Waals surface area contributed by atoms with E-state index in [-0.39, 0.29) is 10.6 Å². The van der Waals surface area contributed by atoms with Crippen molar-refractivity contribution in [2.24, 2.45) is 5.73 Å². The highest BCUT2D eigenvalue weighted by Crippen LogP contribution is 2.39. The van der Waals surface area contributed by atoms with Gasteiger partial charge < -0.3 is 5.73 Å². The lowest BCUT2D eigenvalue weighted by Crippen LogP contribution is -2.36. The molecule has 1 aliphatic carbocycles. The zero-order chi connectivity index (χ0) is 15.0. The van der Waals surface area contributed by atoms with Gasteiger partial charge >= 0.3 is 0 Å². The molecule has 1 unspecified atom stereocenters. The molecule has 2 aromatic carbocycles. The van der Waals surface area contributed by atoms with Gasteiger partial charge in [-0.3, -0.25) is 10.1 Å². The van der Waals surface area contributed by atoms with Crippen LogP contribution in [0.25, 0.3) is 0 Å². The van der Waals surface area contributed by atoms with Crippen molar-refractivity contribution in [1.29, 1.82) is 0 Å². The van der Waals surface area contributed by atoms with Crippen LogP contribution in [-0.2, 0) is 18.4 Å². The summed E-state index contributed by atoms with van der Waals surface area (Å²) in [5.41, 5.74) is 9.23. The van der Waals surface area contributed by atoms with Crippen LogP contribution in [0.3, 0.4) is 0 Å². The molecule has 4 nitrogen and oxygen atoms in total. The Labute approximate surface area is 131 Å². The van der Waals surface area contributed by atoms with Gasteiger partial charge in [0, 0.05) is 28.1 Å². The Kier molecular flexibility index (Phi) is 3.55. The Balaban J connectivity index is 2.00. The predicted molar refractivity (Wildman–Crippen MR) is 85.1 cm³/mol. The zero-order valence-electron chi connectivity index (χ0n) is 11.4. The number of nitrogens with zero attached hydrogens (tertiary/aromatic N) is 1. The van der Waals surface area contributed by atoms with E-state index in [0.717, 1.165) is 18.4 Å². The molecule has 2 N–H and O–H groups in total. The minimum absolute atomic E-state index is 0.124. The van der Waals surface area contributed by atoms with E-state index in [1.54, 1.807) is 12.1 Å². The van der Waals surface area contributed by atoms with E-state index in [0.29, 0.717) is 16.5 Å². The smallest absolute Gasteiger partial charge is 0.273 e. The van der Waals surface area contributed by atoms with Gasteiger partial charge in [-0.05, 0) is 30.0 Å². The minimum Gasteiger partial charge on any atom is -0.321 e. The molecule has 0 saturated carbocycles. The van der Waals surface area contributed by atoms with Crippen molar-refractivity contribution in [2.75, 3.05) is 0 Å². The Morgan fingerprint density at radius 1 is 1.29 bits per heavy atom. The molecule has 1 aliphatic rings. The lowest BCUT2D eigenvalue weighted by atomic mass is 9.85. The standard InChI is InChI=1S/C16H15BrN2O2/c17-13-6-5-12(15(9-13)19(20)21)10-16(18)8-7-11-3-1-2-4-14(11)16/h1-6,9H,7-8,10,18H2. The van der Waals surface area contributed by atoms with E-state index in [9.17, 15) is 10.1 Å². The van der Waals surface area contributed by atoms with Gasteiger partial charge in [-0.15, -0.1) is 0 Å². The topological polar surface area (TPSA) is 69.2 Å². The Bertz CT molecular complexity index is 717. The summed E-state index contributed by atoms with van der Waals surface area (Å²) in [4.78, 5) is 10.9. The van der Waals surface area contributed by atoms with E-state index in [2.05, 4.69) is 22.0 Å². The Hall–Kier alpha value is -1.72. The molecule has 0 bridgehead atoms. The molecule has 108 valence electrons. The first-order valence-electron chi connectivity index (χ1n) is 6.80. The third kappa shape index (κ3) is 2.59. The highest BCUT2D eigenvalue weighted by molar-refractivity contribution is 9.10. The van der Waals surface area contributed by atoms with Crippen LogP contribution in [0, 0.1) is 10.1 Å². The molecule has 0 aliphatic heterocycles. The molecule has 2 aromatic rings. The first-order chi connectivity index (χ1) is 9.99. The normalized spacial score (nSPS) is 20.3. The van der Waals surface area contributed by atoms with Gasteiger partial charge in [0.15, 0.2) is 0 Å². The summed E-state index contributed by atoms with van der Waals surface area (Å²) in [6.07, 6.45) is 2.23. The molecule has 21 heavy (non-hydrogen) atoms. The molecule has 0 spiro atoms. The van der Waals surface area contributed by atoms with Crippen molar-refractivity contribution < 1.29 is 4.92 Å². The monoisotopic (exact) mass is 346 g/mol. The molecule has 0 amide bonds. The molecular formula is C16H15BrN2O2. The summed E-state index contributed by atoms with van der Waals surface area (Å²) < 4.78 is 0.704. The predicted octanol–water partition coefficient (Wildman–Crippen LogP) is 3.70. The summed E-state index contributed by atoms with van der Waals surface area (Å²) in [7, 11) is 0. The van der Waals surface area contributed by atoms with E-state index in [4.69, 9.17) is 5.73 Å². The Morgan fingerprint density at radius 2 is 2.05 bits per heavy atom. The van der Waals surface area contributed by atoms with Crippen LogP contribution < -0.4 is 5.73 Å². The van der Waals surface area contributed by atoms with Gasteiger partial charge in [0.25, 0.3) is 5.69 Å². The molecule has 1 atom stereocenters. The van der Waals surface area contributed by atoms with Crippen molar-refractivity contribution in [3.8, 4) is 0 Å². The highest BCUT2D eigenvalue weighted by atomic mass is 79.9. The van der Waals surface area contributed by atoms with Gasteiger partial charge in [0.1, 0.15) is 0 Å². The number of nitrogens with two attached hydrogens (primary N) is 1. The third-order valence-electron chi connectivity index (χ3n) is 4.14. The second-order valence-corrected chi connectivity index (χ2v) is 6.44. The maximum atomic E-state index is 11.2. The lowest BCUT2D eigenvalue weighted by molar-refractivity contribution is -0.385.